The van der Waals surface area contributed by atoms with E-state index in [-0.39, 0.29) is 5.82 Å². The summed E-state index contributed by atoms with van der Waals surface area (Å²) in [4.78, 5) is 4.34. The number of hydrogen-bond acceptors (Lipinski definition) is 4. The Morgan fingerprint density at radius 1 is 1.43 bits per heavy atom. The Labute approximate surface area is 83.7 Å². The maximum atomic E-state index is 13.3. The van der Waals surface area contributed by atoms with Crippen LogP contribution < -0.4 is 5.73 Å². The van der Waals surface area contributed by atoms with E-state index in [1.165, 1.54) is 24.2 Å². The molecule has 0 saturated heterocycles. The van der Waals surface area contributed by atoms with E-state index >= 15 is 0 Å². The van der Waals surface area contributed by atoms with Crippen molar-refractivity contribution in [2.75, 3.05) is 5.73 Å². The van der Waals surface area contributed by atoms with Crippen molar-refractivity contribution < 1.29 is 4.39 Å². The highest BCUT2D eigenvalue weighted by Gasteiger charge is 2.05. The monoisotopic (exact) mass is 210 g/mol. The molecule has 14 heavy (non-hydrogen) atoms. The molecule has 0 radical (unpaired) electrons. The summed E-state index contributed by atoms with van der Waals surface area (Å²) in [6.45, 7) is 0. The first kappa shape index (κ1) is 9.01. The molecule has 0 aliphatic rings. The molecule has 2 rings (SSSR count). The molecule has 0 spiro atoms. The number of aromatic amines is 1. The summed E-state index contributed by atoms with van der Waals surface area (Å²) in [7, 11) is 0. The van der Waals surface area contributed by atoms with Gasteiger partial charge >= 0.3 is 0 Å². The third-order valence-electron chi connectivity index (χ3n) is 1.56. The van der Waals surface area contributed by atoms with Crippen molar-refractivity contribution >= 4 is 17.4 Å². The Morgan fingerprint density at radius 3 is 2.93 bits per heavy atom. The molecule has 3 N–H and O–H groups in total. The lowest BCUT2D eigenvalue weighted by Gasteiger charge is -2.00. The van der Waals surface area contributed by atoms with Gasteiger partial charge < -0.3 is 5.73 Å². The van der Waals surface area contributed by atoms with Crippen molar-refractivity contribution in [2.24, 2.45) is 0 Å². The number of nitrogens with one attached hydrogen (secondary N) is 1. The molecule has 0 bridgehead atoms. The predicted octanol–water partition coefficient (Wildman–Crippen LogP) is 1.68. The third kappa shape index (κ3) is 1.85. The standard InChI is InChI=1S/C8H7FN4S/c9-6-3-5(10)1-2-7(6)14-8-11-4-12-13-8/h1-4H,10H2,(H,11,12,13). The van der Waals surface area contributed by atoms with Crippen LogP contribution in [0.1, 0.15) is 0 Å². The molecule has 4 nitrogen and oxygen atoms in total. The van der Waals surface area contributed by atoms with Gasteiger partial charge in [0.05, 0.1) is 4.90 Å². The molecule has 1 heterocycles. The second kappa shape index (κ2) is 3.67. The van der Waals surface area contributed by atoms with Gasteiger partial charge in [0.1, 0.15) is 12.1 Å². The van der Waals surface area contributed by atoms with Gasteiger partial charge in [-0.3, -0.25) is 5.10 Å². The Morgan fingerprint density at radius 2 is 2.29 bits per heavy atom. The van der Waals surface area contributed by atoms with Crippen LogP contribution in [0.3, 0.4) is 0 Å². The summed E-state index contributed by atoms with van der Waals surface area (Å²) >= 11 is 1.17. The Balaban J connectivity index is 2.25. The molecule has 0 fully saturated rings. The number of H-pyrrole nitrogens is 1. The van der Waals surface area contributed by atoms with Crippen LogP contribution in [0.5, 0.6) is 0 Å². The van der Waals surface area contributed by atoms with Crippen LogP contribution in [0.4, 0.5) is 10.1 Å². The summed E-state index contributed by atoms with van der Waals surface area (Å²) < 4.78 is 13.3. The molecular weight excluding hydrogens is 203 g/mol. The number of nitrogens with two attached hydrogens (primary N) is 1. The lowest BCUT2D eigenvalue weighted by molar-refractivity contribution is 0.602. The van der Waals surface area contributed by atoms with Gasteiger partial charge in [0.15, 0.2) is 5.16 Å². The molecule has 6 heteroatoms. The average molecular weight is 210 g/mol. The highest BCUT2D eigenvalue weighted by molar-refractivity contribution is 7.99. The van der Waals surface area contributed by atoms with Crippen LogP contribution in [0.2, 0.25) is 0 Å². The molecule has 2 aromatic rings. The SMILES string of the molecule is Nc1ccc(Sc2ncn[nH]2)c(F)c1. The minimum atomic E-state index is -0.355. The molecule has 0 aliphatic heterocycles. The van der Waals surface area contributed by atoms with Gasteiger partial charge in [-0.15, -0.1) is 0 Å². The zero-order chi connectivity index (χ0) is 9.97. The number of rotatable bonds is 2. The van der Waals surface area contributed by atoms with E-state index in [0.717, 1.165) is 0 Å². The molecule has 72 valence electrons. The van der Waals surface area contributed by atoms with E-state index in [9.17, 15) is 4.39 Å². The highest BCUT2D eigenvalue weighted by Crippen LogP contribution is 2.27. The van der Waals surface area contributed by atoms with Crippen LogP contribution in [0.25, 0.3) is 0 Å². The first-order valence-corrected chi connectivity index (χ1v) is 4.65. The van der Waals surface area contributed by atoms with Crippen LogP contribution in [0, 0.1) is 5.82 Å². The molecular formula is C8H7FN4S. The summed E-state index contributed by atoms with van der Waals surface area (Å²) in [5.41, 5.74) is 5.82. The van der Waals surface area contributed by atoms with Gasteiger partial charge in [0, 0.05) is 5.69 Å². The van der Waals surface area contributed by atoms with Gasteiger partial charge in [0.25, 0.3) is 0 Å². The van der Waals surface area contributed by atoms with Crippen LogP contribution in [-0.2, 0) is 0 Å². The summed E-state index contributed by atoms with van der Waals surface area (Å²) in [5.74, 6) is -0.355. The minimum Gasteiger partial charge on any atom is -0.399 e. The number of hydrogen-bond donors (Lipinski definition) is 2. The second-order valence-corrected chi connectivity index (χ2v) is 3.61. The van der Waals surface area contributed by atoms with Gasteiger partial charge in [-0.2, -0.15) is 5.10 Å². The van der Waals surface area contributed by atoms with Gasteiger partial charge in [-0.25, -0.2) is 9.37 Å². The molecule has 1 aromatic heterocycles. The maximum Gasteiger partial charge on any atom is 0.188 e. The van der Waals surface area contributed by atoms with Gasteiger partial charge in [-0.1, -0.05) is 0 Å². The molecule has 0 saturated carbocycles. The van der Waals surface area contributed by atoms with Crippen molar-refractivity contribution in [2.45, 2.75) is 10.1 Å². The van der Waals surface area contributed by atoms with Crippen molar-refractivity contribution in [1.29, 1.82) is 0 Å². The summed E-state index contributed by atoms with van der Waals surface area (Å²) in [5, 5.41) is 6.84. The number of aromatic nitrogens is 3. The van der Waals surface area contributed by atoms with E-state index in [0.29, 0.717) is 15.7 Å². The van der Waals surface area contributed by atoms with E-state index in [1.54, 1.807) is 12.1 Å². The molecule has 0 atom stereocenters. The minimum absolute atomic E-state index is 0.355. The Bertz CT molecular complexity index is 429. The van der Waals surface area contributed by atoms with Crippen molar-refractivity contribution in [1.82, 2.24) is 15.2 Å². The van der Waals surface area contributed by atoms with E-state index in [2.05, 4.69) is 15.2 Å². The van der Waals surface area contributed by atoms with Crippen molar-refractivity contribution in [3.63, 3.8) is 0 Å². The molecule has 0 amide bonds. The van der Waals surface area contributed by atoms with Crippen molar-refractivity contribution in [3.05, 3.63) is 30.3 Å². The van der Waals surface area contributed by atoms with E-state index in [1.807, 2.05) is 0 Å². The molecule has 1 aromatic carbocycles. The van der Waals surface area contributed by atoms with Crippen molar-refractivity contribution in [3.8, 4) is 0 Å². The van der Waals surface area contributed by atoms with Crippen LogP contribution >= 0.6 is 11.8 Å². The van der Waals surface area contributed by atoms with Gasteiger partial charge in [0.2, 0.25) is 0 Å². The Hall–Kier alpha value is -1.56. The van der Waals surface area contributed by atoms with E-state index in [4.69, 9.17) is 5.73 Å². The van der Waals surface area contributed by atoms with Gasteiger partial charge in [-0.05, 0) is 30.0 Å². The number of anilines is 1. The smallest absolute Gasteiger partial charge is 0.188 e. The zero-order valence-corrected chi connectivity index (χ0v) is 7.88. The number of nitrogens with zero attached hydrogens (tertiary/aromatic N) is 2. The maximum absolute atomic E-state index is 13.3. The lowest BCUT2D eigenvalue weighted by atomic mass is 10.3. The second-order valence-electron chi connectivity index (χ2n) is 2.58. The third-order valence-corrected chi connectivity index (χ3v) is 2.50. The summed E-state index contributed by atoms with van der Waals surface area (Å²) in [6.07, 6.45) is 1.37. The normalized spacial score (nSPS) is 10.4. The number of nitrogen functional groups attached to an aromatic ring is 1. The average Bonchev–Trinajstić information content (AvgIpc) is 2.62. The fraction of sp³-hybridized carbons (Fsp3) is 0. The highest BCUT2D eigenvalue weighted by atomic mass is 32.2. The first-order valence-electron chi connectivity index (χ1n) is 3.84. The fourth-order valence-electron chi connectivity index (χ4n) is 0.947. The quantitative estimate of drug-likeness (QED) is 0.740. The largest absolute Gasteiger partial charge is 0.399 e. The predicted molar refractivity (Wildman–Crippen MR) is 51.3 cm³/mol. The topological polar surface area (TPSA) is 67.6 Å². The molecule has 0 unspecified atom stereocenters. The van der Waals surface area contributed by atoms with E-state index < -0.39 is 0 Å². The lowest BCUT2D eigenvalue weighted by Crippen LogP contribution is -1.88. The zero-order valence-electron chi connectivity index (χ0n) is 7.07. The summed E-state index contributed by atoms with van der Waals surface area (Å²) in [6, 6.07) is 4.53. The fourth-order valence-corrected chi connectivity index (χ4v) is 1.65. The van der Waals surface area contributed by atoms with Crippen LogP contribution in [0.15, 0.2) is 34.6 Å². The first-order chi connectivity index (χ1) is 6.75. The van der Waals surface area contributed by atoms with Crippen LogP contribution in [-0.4, -0.2) is 15.2 Å². The number of halogens is 1. The Kier molecular flexibility index (Phi) is 2.36. The number of benzene rings is 1. The molecule has 0 aliphatic carbocycles.